The molecule has 0 radical (unpaired) electrons. The van der Waals surface area contributed by atoms with Crippen molar-refractivity contribution in [2.24, 2.45) is 0 Å². The summed E-state index contributed by atoms with van der Waals surface area (Å²) >= 11 is 0. The monoisotopic (exact) mass is 295 g/mol. The number of rotatable bonds is 5. The van der Waals surface area contributed by atoms with E-state index >= 15 is 0 Å². The van der Waals surface area contributed by atoms with Crippen LogP contribution in [0.25, 0.3) is 10.8 Å². The predicted octanol–water partition coefficient (Wildman–Crippen LogP) is 1.24. The summed E-state index contributed by atoms with van der Waals surface area (Å²) in [6.45, 7) is 0.252. The van der Waals surface area contributed by atoms with E-state index < -0.39 is 10.0 Å². The van der Waals surface area contributed by atoms with Crippen LogP contribution < -0.4 is 5.32 Å². The van der Waals surface area contributed by atoms with Crippen LogP contribution in [0.15, 0.2) is 30.5 Å². The molecular weight excluding hydrogens is 278 g/mol. The van der Waals surface area contributed by atoms with Crippen LogP contribution >= 0.6 is 0 Å². The van der Waals surface area contributed by atoms with Gasteiger partial charge in [-0.05, 0) is 23.6 Å². The van der Waals surface area contributed by atoms with Gasteiger partial charge in [-0.1, -0.05) is 6.07 Å². The Bertz CT molecular complexity index is 714. The Labute approximate surface area is 118 Å². The fourth-order valence-electron chi connectivity index (χ4n) is 1.78. The van der Waals surface area contributed by atoms with E-state index in [1.807, 2.05) is 6.07 Å². The number of anilines is 1. The van der Waals surface area contributed by atoms with Gasteiger partial charge in [0, 0.05) is 32.2 Å². The third kappa shape index (κ3) is 3.17. The maximum absolute atomic E-state index is 11.7. The van der Waals surface area contributed by atoms with Crippen LogP contribution in [0.1, 0.15) is 0 Å². The first-order valence-electron chi connectivity index (χ1n) is 6.12. The number of phenols is 1. The molecule has 0 spiro atoms. The fraction of sp³-hybridized carbons (Fsp3) is 0.308. The number of aromatic nitrogens is 1. The number of sulfonamides is 1. The van der Waals surface area contributed by atoms with E-state index in [0.29, 0.717) is 5.82 Å². The van der Waals surface area contributed by atoms with E-state index in [1.165, 1.54) is 18.4 Å². The lowest BCUT2D eigenvalue weighted by Gasteiger charge is -2.12. The van der Waals surface area contributed by atoms with E-state index in [-0.39, 0.29) is 18.0 Å². The van der Waals surface area contributed by atoms with Gasteiger partial charge in [0.2, 0.25) is 10.0 Å². The molecule has 1 aromatic carbocycles. The molecule has 2 aromatic rings. The maximum atomic E-state index is 11.7. The molecular formula is C13H17N3O3S. The van der Waals surface area contributed by atoms with E-state index in [0.717, 1.165) is 10.8 Å². The molecule has 0 fully saturated rings. The molecule has 0 bridgehead atoms. The van der Waals surface area contributed by atoms with Crippen molar-refractivity contribution in [2.75, 3.05) is 31.7 Å². The molecule has 0 aliphatic rings. The SMILES string of the molecule is CN(C)S(=O)(=O)CCNc1nccc2ccc(O)cc12. The van der Waals surface area contributed by atoms with Crippen LogP contribution in [0.5, 0.6) is 5.75 Å². The van der Waals surface area contributed by atoms with E-state index in [2.05, 4.69) is 10.3 Å². The first-order chi connectivity index (χ1) is 9.40. The summed E-state index contributed by atoms with van der Waals surface area (Å²) in [6, 6.07) is 6.82. The number of nitrogens with one attached hydrogen (secondary N) is 1. The molecule has 0 saturated heterocycles. The molecule has 1 heterocycles. The minimum atomic E-state index is -3.24. The van der Waals surface area contributed by atoms with Gasteiger partial charge >= 0.3 is 0 Å². The van der Waals surface area contributed by atoms with Gasteiger partial charge < -0.3 is 10.4 Å². The lowest BCUT2D eigenvalue weighted by molar-refractivity contribution is 0.476. The summed E-state index contributed by atoms with van der Waals surface area (Å²) < 4.78 is 24.5. The Hall–Kier alpha value is -1.86. The molecule has 20 heavy (non-hydrogen) atoms. The molecule has 0 saturated carbocycles. The van der Waals surface area contributed by atoms with E-state index in [1.54, 1.807) is 24.4 Å². The summed E-state index contributed by atoms with van der Waals surface area (Å²) in [5.74, 6) is 0.693. The van der Waals surface area contributed by atoms with Gasteiger partial charge in [-0.3, -0.25) is 0 Å². The number of phenolic OH excluding ortho intramolecular Hbond substituents is 1. The van der Waals surface area contributed by atoms with Crippen molar-refractivity contribution >= 4 is 26.6 Å². The van der Waals surface area contributed by atoms with Gasteiger partial charge in [0.25, 0.3) is 0 Å². The van der Waals surface area contributed by atoms with Crippen LogP contribution in [-0.4, -0.2) is 49.2 Å². The minimum Gasteiger partial charge on any atom is -0.508 e. The van der Waals surface area contributed by atoms with Crippen LogP contribution in [0, 0.1) is 0 Å². The number of pyridine rings is 1. The molecule has 0 unspecified atom stereocenters. The van der Waals surface area contributed by atoms with Gasteiger partial charge in [-0.15, -0.1) is 0 Å². The largest absolute Gasteiger partial charge is 0.508 e. The highest BCUT2D eigenvalue weighted by Gasteiger charge is 2.13. The number of fused-ring (bicyclic) bond motifs is 1. The number of benzene rings is 1. The van der Waals surface area contributed by atoms with E-state index in [9.17, 15) is 13.5 Å². The van der Waals surface area contributed by atoms with Gasteiger partial charge in [-0.2, -0.15) is 0 Å². The van der Waals surface area contributed by atoms with Gasteiger partial charge in [0.05, 0.1) is 5.75 Å². The second-order valence-electron chi connectivity index (χ2n) is 4.59. The van der Waals surface area contributed by atoms with Crippen LogP contribution in [0.4, 0.5) is 5.82 Å². The first-order valence-corrected chi connectivity index (χ1v) is 7.73. The first kappa shape index (κ1) is 14.5. The lowest BCUT2D eigenvalue weighted by atomic mass is 10.1. The molecule has 1 aromatic heterocycles. The summed E-state index contributed by atoms with van der Waals surface area (Å²) in [4.78, 5) is 4.18. The zero-order valence-electron chi connectivity index (χ0n) is 11.4. The average Bonchev–Trinajstić information content (AvgIpc) is 2.39. The van der Waals surface area contributed by atoms with Crippen molar-refractivity contribution in [1.29, 1.82) is 0 Å². The maximum Gasteiger partial charge on any atom is 0.215 e. The number of hydrogen-bond donors (Lipinski definition) is 2. The summed E-state index contributed by atoms with van der Waals surface area (Å²) in [5.41, 5.74) is 0. The van der Waals surface area contributed by atoms with E-state index in [4.69, 9.17) is 0 Å². The predicted molar refractivity (Wildman–Crippen MR) is 79.4 cm³/mol. The second-order valence-corrected chi connectivity index (χ2v) is 6.89. The molecule has 0 amide bonds. The summed E-state index contributed by atoms with van der Waals surface area (Å²) in [5, 5.41) is 14.2. The molecule has 2 N–H and O–H groups in total. The average molecular weight is 295 g/mol. The summed E-state index contributed by atoms with van der Waals surface area (Å²) in [6.07, 6.45) is 1.64. The van der Waals surface area contributed by atoms with Gasteiger partial charge in [0.1, 0.15) is 11.6 Å². The molecule has 2 rings (SSSR count). The molecule has 108 valence electrons. The zero-order valence-corrected chi connectivity index (χ0v) is 12.2. The Morgan fingerprint density at radius 3 is 2.75 bits per heavy atom. The minimum absolute atomic E-state index is 0.0170. The van der Waals surface area contributed by atoms with Crippen molar-refractivity contribution in [3.8, 4) is 5.75 Å². The Morgan fingerprint density at radius 1 is 1.30 bits per heavy atom. The Morgan fingerprint density at radius 2 is 2.05 bits per heavy atom. The van der Waals surface area contributed by atoms with Crippen molar-refractivity contribution in [1.82, 2.24) is 9.29 Å². The second kappa shape index (κ2) is 5.64. The topological polar surface area (TPSA) is 82.5 Å². The molecule has 0 aliphatic carbocycles. The van der Waals surface area contributed by atoms with Crippen LogP contribution in [0.3, 0.4) is 0 Å². The standard InChI is InChI=1S/C13H17N3O3S/c1-16(2)20(18,19)8-7-15-13-12-9-11(17)4-3-10(12)5-6-14-13/h3-6,9,17H,7-8H2,1-2H3,(H,14,15). The van der Waals surface area contributed by atoms with Crippen LogP contribution in [-0.2, 0) is 10.0 Å². The Balaban J connectivity index is 2.16. The van der Waals surface area contributed by atoms with Crippen molar-refractivity contribution < 1.29 is 13.5 Å². The molecule has 6 nitrogen and oxygen atoms in total. The van der Waals surface area contributed by atoms with Crippen molar-refractivity contribution in [2.45, 2.75) is 0 Å². The number of nitrogens with zero attached hydrogens (tertiary/aromatic N) is 2. The van der Waals surface area contributed by atoms with Crippen molar-refractivity contribution in [3.63, 3.8) is 0 Å². The number of hydrogen-bond acceptors (Lipinski definition) is 5. The molecule has 0 atom stereocenters. The highest BCUT2D eigenvalue weighted by Crippen LogP contribution is 2.24. The quantitative estimate of drug-likeness (QED) is 0.867. The smallest absolute Gasteiger partial charge is 0.215 e. The number of aromatic hydroxyl groups is 1. The highest BCUT2D eigenvalue weighted by molar-refractivity contribution is 7.89. The third-order valence-corrected chi connectivity index (χ3v) is 4.79. The fourth-order valence-corrected chi connectivity index (χ4v) is 2.50. The zero-order chi connectivity index (χ0) is 14.8. The summed E-state index contributed by atoms with van der Waals surface area (Å²) in [7, 11) is -0.229. The van der Waals surface area contributed by atoms with Gasteiger partial charge in [-0.25, -0.2) is 17.7 Å². The highest BCUT2D eigenvalue weighted by atomic mass is 32.2. The normalized spacial score (nSPS) is 11.9. The molecule has 7 heteroatoms. The molecule has 0 aliphatic heterocycles. The van der Waals surface area contributed by atoms with Crippen molar-refractivity contribution in [3.05, 3.63) is 30.5 Å². The van der Waals surface area contributed by atoms with Crippen LogP contribution in [0.2, 0.25) is 0 Å². The third-order valence-electron chi connectivity index (χ3n) is 2.96. The van der Waals surface area contributed by atoms with Gasteiger partial charge in [0.15, 0.2) is 0 Å². The Kier molecular flexibility index (Phi) is 4.10. The lowest BCUT2D eigenvalue weighted by Crippen LogP contribution is -2.28.